The second-order valence-corrected chi connectivity index (χ2v) is 3.72. The summed E-state index contributed by atoms with van der Waals surface area (Å²) < 4.78 is 15.4. The van der Waals surface area contributed by atoms with Crippen molar-refractivity contribution in [2.75, 3.05) is 13.4 Å². The Kier molecular flexibility index (Phi) is 3.49. The fraction of sp³-hybridized carbons (Fsp3) is 0.417. The van der Waals surface area contributed by atoms with Crippen molar-refractivity contribution in [2.24, 2.45) is 5.73 Å². The standard InChI is InChI=1S/C12H15NO4/c1-2-15-12(14)6-10(13)9-4-3-8-5-11(9)17-7-16-8/h3-5,10H,2,6-7,13H2,1H3. The zero-order chi connectivity index (χ0) is 12.3. The first-order valence-electron chi connectivity index (χ1n) is 5.51. The summed E-state index contributed by atoms with van der Waals surface area (Å²) in [5.74, 6) is 1.12. The molecular weight excluding hydrogens is 222 g/mol. The van der Waals surface area contributed by atoms with E-state index in [-0.39, 0.29) is 19.2 Å². The molecule has 0 saturated heterocycles. The molecule has 0 aliphatic carbocycles. The second-order valence-electron chi connectivity index (χ2n) is 3.72. The van der Waals surface area contributed by atoms with Crippen molar-refractivity contribution >= 4 is 5.97 Å². The van der Waals surface area contributed by atoms with Crippen LogP contribution in [0.1, 0.15) is 24.9 Å². The number of hydrogen-bond acceptors (Lipinski definition) is 5. The summed E-state index contributed by atoms with van der Waals surface area (Å²) in [5, 5.41) is 0. The first-order chi connectivity index (χ1) is 8.20. The third-order valence-corrected chi connectivity index (χ3v) is 2.52. The molecule has 0 fully saturated rings. The summed E-state index contributed by atoms with van der Waals surface area (Å²) in [6.45, 7) is 2.31. The number of carbonyl (C=O) groups is 1. The van der Waals surface area contributed by atoms with Gasteiger partial charge in [-0.05, 0) is 13.0 Å². The Balaban J connectivity index is 2.09. The first kappa shape index (κ1) is 11.7. The minimum absolute atomic E-state index is 0.143. The molecule has 0 aromatic heterocycles. The molecule has 1 atom stereocenters. The molecule has 5 nitrogen and oxygen atoms in total. The molecule has 1 aliphatic rings. The van der Waals surface area contributed by atoms with E-state index < -0.39 is 6.04 Å². The number of fused-ring (bicyclic) bond motifs is 2. The van der Waals surface area contributed by atoms with Gasteiger partial charge in [0, 0.05) is 17.7 Å². The van der Waals surface area contributed by atoms with Crippen LogP contribution in [0.15, 0.2) is 18.2 Å². The maximum Gasteiger partial charge on any atom is 0.307 e. The van der Waals surface area contributed by atoms with Gasteiger partial charge in [-0.15, -0.1) is 0 Å². The molecule has 2 N–H and O–H groups in total. The normalized spacial score (nSPS) is 14.5. The van der Waals surface area contributed by atoms with E-state index in [1.807, 2.05) is 12.1 Å². The van der Waals surface area contributed by atoms with Crippen LogP contribution >= 0.6 is 0 Å². The van der Waals surface area contributed by atoms with Crippen molar-refractivity contribution in [3.05, 3.63) is 23.8 Å². The Hall–Kier alpha value is -1.75. The van der Waals surface area contributed by atoms with Crippen LogP contribution in [0, 0.1) is 0 Å². The number of hydrogen-bond donors (Lipinski definition) is 1. The highest BCUT2D eigenvalue weighted by atomic mass is 16.7. The summed E-state index contributed by atoms with van der Waals surface area (Å²) in [7, 11) is 0. The predicted octanol–water partition coefficient (Wildman–Crippen LogP) is 1.37. The van der Waals surface area contributed by atoms with Crippen LogP contribution in [0.2, 0.25) is 0 Å². The molecule has 1 heterocycles. The molecule has 2 bridgehead atoms. The highest BCUT2D eigenvalue weighted by Crippen LogP contribution is 2.32. The number of carbonyl (C=O) groups excluding carboxylic acids is 1. The summed E-state index contributed by atoms with van der Waals surface area (Å²) in [5.41, 5.74) is 6.75. The van der Waals surface area contributed by atoms with Crippen LogP contribution in [0.3, 0.4) is 0 Å². The largest absolute Gasteiger partial charge is 0.466 e. The van der Waals surface area contributed by atoms with E-state index in [0.29, 0.717) is 12.4 Å². The molecule has 0 spiro atoms. The molecule has 0 amide bonds. The summed E-state index contributed by atoms with van der Waals surface area (Å²) in [6.07, 6.45) is 0.143. The Morgan fingerprint density at radius 1 is 1.53 bits per heavy atom. The minimum atomic E-state index is -0.420. The second kappa shape index (κ2) is 5.05. The lowest BCUT2D eigenvalue weighted by Crippen LogP contribution is -2.20. The third kappa shape index (κ3) is 2.68. The predicted molar refractivity (Wildman–Crippen MR) is 60.7 cm³/mol. The zero-order valence-corrected chi connectivity index (χ0v) is 9.64. The van der Waals surface area contributed by atoms with Gasteiger partial charge in [0.15, 0.2) is 0 Å². The average Bonchev–Trinajstić information content (AvgIpc) is 2.29. The number of esters is 1. The van der Waals surface area contributed by atoms with E-state index in [9.17, 15) is 4.79 Å². The zero-order valence-electron chi connectivity index (χ0n) is 9.64. The van der Waals surface area contributed by atoms with Gasteiger partial charge in [-0.25, -0.2) is 0 Å². The van der Waals surface area contributed by atoms with Gasteiger partial charge in [0.25, 0.3) is 0 Å². The van der Waals surface area contributed by atoms with Gasteiger partial charge in [-0.3, -0.25) is 4.79 Å². The van der Waals surface area contributed by atoms with Crippen LogP contribution in [0.4, 0.5) is 0 Å². The lowest BCUT2D eigenvalue weighted by Gasteiger charge is -2.21. The van der Waals surface area contributed by atoms with Crippen molar-refractivity contribution in [3.63, 3.8) is 0 Å². The number of benzene rings is 1. The molecule has 92 valence electrons. The van der Waals surface area contributed by atoms with Gasteiger partial charge in [-0.1, -0.05) is 6.07 Å². The van der Waals surface area contributed by atoms with Crippen molar-refractivity contribution in [1.29, 1.82) is 0 Å². The molecule has 2 rings (SSSR count). The smallest absolute Gasteiger partial charge is 0.307 e. The molecule has 0 saturated carbocycles. The third-order valence-electron chi connectivity index (χ3n) is 2.52. The van der Waals surface area contributed by atoms with Crippen molar-refractivity contribution in [2.45, 2.75) is 19.4 Å². The van der Waals surface area contributed by atoms with E-state index in [1.165, 1.54) is 0 Å². The van der Waals surface area contributed by atoms with Gasteiger partial charge in [0.2, 0.25) is 6.79 Å². The van der Waals surface area contributed by atoms with Crippen LogP contribution in [-0.4, -0.2) is 19.4 Å². The minimum Gasteiger partial charge on any atom is -0.466 e. The average molecular weight is 237 g/mol. The summed E-state index contributed by atoms with van der Waals surface area (Å²) in [4.78, 5) is 11.3. The van der Waals surface area contributed by atoms with Crippen molar-refractivity contribution < 1.29 is 19.0 Å². The molecule has 17 heavy (non-hydrogen) atoms. The number of ether oxygens (including phenoxy) is 3. The quantitative estimate of drug-likeness (QED) is 0.801. The van der Waals surface area contributed by atoms with Crippen LogP contribution < -0.4 is 15.2 Å². The lowest BCUT2D eigenvalue weighted by molar-refractivity contribution is -0.143. The van der Waals surface area contributed by atoms with Crippen LogP contribution in [0.25, 0.3) is 0 Å². The molecule has 1 unspecified atom stereocenters. The maximum atomic E-state index is 11.3. The molecular formula is C12H15NO4. The number of nitrogens with two attached hydrogens (primary N) is 1. The molecule has 1 aliphatic heterocycles. The lowest BCUT2D eigenvalue weighted by atomic mass is 10.0. The summed E-state index contributed by atoms with van der Waals surface area (Å²) in [6, 6.07) is 4.97. The monoisotopic (exact) mass is 237 g/mol. The highest BCUT2D eigenvalue weighted by Gasteiger charge is 2.19. The fourth-order valence-corrected chi connectivity index (χ4v) is 1.71. The highest BCUT2D eigenvalue weighted by molar-refractivity contribution is 5.70. The molecule has 1 aromatic rings. The van der Waals surface area contributed by atoms with Crippen molar-refractivity contribution in [1.82, 2.24) is 0 Å². The van der Waals surface area contributed by atoms with E-state index in [4.69, 9.17) is 19.9 Å². The molecule has 5 heteroatoms. The van der Waals surface area contributed by atoms with Gasteiger partial charge in [0.05, 0.1) is 13.0 Å². The maximum absolute atomic E-state index is 11.3. The van der Waals surface area contributed by atoms with E-state index >= 15 is 0 Å². The topological polar surface area (TPSA) is 70.8 Å². The van der Waals surface area contributed by atoms with E-state index in [1.54, 1.807) is 13.0 Å². The number of rotatable bonds is 4. The SMILES string of the molecule is CCOC(=O)CC(N)c1ccc2cc1OCO2. The van der Waals surface area contributed by atoms with E-state index in [0.717, 1.165) is 11.3 Å². The first-order valence-corrected chi connectivity index (χ1v) is 5.51. The van der Waals surface area contributed by atoms with Gasteiger partial charge in [0.1, 0.15) is 11.5 Å². The Morgan fingerprint density at radius 3 is 3.12 bits per heavy atom. The van der Waals surface area contributed by atoms with Gasteiger partial charge < -0.3 is 19.9 Å². The Morgan fingerprint density at radius 2 is 2.35 bits per heavy atom. The summed E-state index contributed by atoms with van der Waals surface area (Å²) >= 11 is 0. The molecule has 0 radical (unpaired) electrons. The Bertz CT molecular complexity index is 419. The van der Waals surface area contributed by atoms with Gasteiger partial charge >= 0.3 is 5.97 Å². The molecule has 1 aromatic carbocycles. The Labute approximate surface area is 99.5 Å². The van der Waals surface area contributed by atoms with Crippen molar-refractivity contribution in [3.8, 4) is 11.5 Å². The fourth-order valence-electron chi connectivity index (χ4n) is 1.71. The van der Waals surface area contributed by atoms with Crippen LogP contribution in [0.5, 0.6) is 11.5 Å². The van der Waals surface area contributed by atoms with Crippen LogP contribution in [-0.2, 0) is 9.53 Å². The van der Waals surface area contributed by atoms with Gasteiger partial charge in [-0.2, -0.15) is 0 Å². The van der Waals surface area contributed by atoms with E-state index in [2.05, 4.69) is 0 Å².